The van der Waals surface area contributed by atoms with E-state index < -0.39 is 0 Å². The Morgan fingerprint density at radius 3 is 2.60 bits per heavy atom. The van der Waals surface area contributed by atoms with Crippen LogP contribution in [0, 0.1) is 11.7 Å². The molecule has 0 radical (unpaired) electrons. The first kappa shape index (κ1) is 14.8. The molecule has 2 nitrogen and oxygen atoms in total. The fraction of sp³-hybridized carbons (Fsp3) is 0.400. The minimum Gasteiger partial charge on any atom is -0.396 e. The van der Waals surface area contributed by atoms with Crippen LogP contribution in [0.15, 0.2) is 22.7 Å². The van der Waals surface area contributed by atoms with Gasteiger partial charge in [-0.2, -0.15) is 0 Å². The summed E-state index contributed by atoms with van der Waals surface area (Å²) in [7, 11) is 0. The average molecular weight is 299 g/mol. The smallest absolute Gasteiger partial charge is 0.137 e. The third-order valence-corrected chi connectivity index (χ3v) is 2.71. The Bertz CT molecular complexity index is 307. The van der Waals surface area contributed by atoms with Crippen LogP contribution in [0.25, 0.3) is 0 Å². The fourth-order valence-corrected chi connectivity index (χ4v) is 1.65. The Balaban J connectivity index is 0.00000196. The van der Waals surface area contributed by atoms with Gasteiger partial charge in [-0.15, -0.1) is 12.4 Å². The van der Waals surface area contributed by atoms with Gasteiger partial charge in [-0.3, -0.25) is 0 Å². The molecule has 0 heterocycles. The minimum absolute atomic E-state index is 0. The zero-order chi connectivity index (χ0) is 10.6. The summed E-state index contributed by atoms with van der Waals surface area (Å²) in [6, 6.07) is 4.83. The van der Waals surface area contributed by atoms with E-state index in [1.807, 2.05) is 0 Å². The first-order chi connectivity index (χ1) is 6.67. The lowest BCUT2D eigenvalue weighted by Crippen LogP contribution is -2.20. The van der Waals surface area contributed by atoms with Gasteiger partial charge in [0.05, 0.1) is 4.47 Å². The number of benzene rings is 1. The number of aliphatic hydroxyl groups excluding tert-OH is 1. The van der Waals surface area contributed by atoms with Crippen molar-refractivity contribution in [3.63, 3.8) is 0 Å². The molecule has 5 heteroatoms. The molecule has 0 aliphatic rings. The van der Waals surface area contributed by atoms with Gasteiger partial charge in [-0.25, -0.2) is 4.39 Å². The van der Waals surface area contributed by atoms with Crippen molar-refractivity contribution in [2.75, 3.05) is 13.2 Å². The van der Waals surface area contributed by atoms with Gasteiger partial charge in [0.1, 0.15) is 5.82 Å². The highest BCUT2D eigenvalue weighted by Gasteiger charge is 2.07. The summed E-state index contributed by atoms with van der Waals surface area (Å²) < 4.78 is 13.3. The van der Waals surface area contributed by atoms with Gasteiger partial charge in [0.2, 0.25) is 0 Å². The molecule has 3 N–H and O–H groups in total. The van der Waals surface area contributed by atoms with E-state index in [0.717, 1.165) is 5.56 Å². The normalized spacial score (nSPS) is 12.0. The molecule has 1 unspecified atom stereocenters. The zero-order valence-corrected chi connectivity index (χ0v) is 10.5. The number of halogens is 3. The van der Waals surface area contributed by atoms with Crippen LogP contribution in [0.4, 0.5) is 4.39 Å². The van der Waals surface area contributed by atoms with E-state index in [9.17, 15) is 4.39 Å². The second kappa shape index (κ2) is 7.17. The van der Waals surface area contributed by atoms with E-state index in [1.165, 1.54) is 6.07 Å². The van der Waals surface area contributed by atoms with Crippen molar-refractivity contribution < 1.29 is 9.50 Å². The average Bonchev–Trinajstić information content (AvgIpc) is 2.19. The van der Waals surface area contributed by atoms with Crippen LogP contribution in [0.1, 0.15) is 5.56 Å². The van der Waals surface area contributed by atoms with Gasteiger partial charge in [-0.05, 0) is 52.5 Å². The highest BCUT2D eigenvalue weighted by molar-refractivity contribution is 9.10. The maximum Gasteiger partial charge on any atom is 0.137 e. The van der Waals surface area contributed by atoms with Crippen molar-refractivity contribution in [3.8, 4) is 0 Å². The van der Waals surface area contributed by atoms with Gasteiger partial charge < -0.3 is 10.8 Å². The van der Waals surface area contributed by atoms with E-state index in [1.54, 1.807) is 12.1 Å². The molecule has 0 saturated carbocycles. The van der Waals surface area contributed by atoms with Gasteiger partial charge in [0, 0.05) is 6.61 Å². The molecule has 0 fully saturated rings. The molecular formula is C10H14BrClFNO. The van der Waals surface area contributed by atoms with Crippen molar-refractivity contribution >= 4 is 28.3 Å². The summed E-state index contributed by atoms with van der Waals surface area (Å²) in [6.07, 6.45) is 0.672. The first-order valence-corrected chi connectivity index (χ1v) is 5.21. The van der Waals surface area contributed by atoms with Gasteiger partial charge in [0.15, 0.2) is 0 Å². The van der Waals surface area contributed by atoms with Crippen LogP contribution in [0.2, 0.25) is 0 Å². The van der Waals surface area contributed by atoms with Gasteiger partial charge >= 0.3 is 0 Å². The van der Waals surface area contributed by atoms with Crippen LogP contribution in [-0.4, -0.2) is 18.3 Å². The van der Waals surface area contributed by atoms with Crippen LogP contribution in [0.5, 0.6) is 0 Å². The molecule has 0 amide bonds. The monoisotopic (exact) mass is 297 g/mol. The SMILES string of the molecule is Cl.NCC(CO)Cc1ccc(F)c(Br)c1. The Hall–Kier alpha value is -0.160. The third-order valence-electron chi connectivity index (χ3n) is 2.10. The van der Waals surface area contributed by atoms with Crippen molar-refractivity contribution in [3.05, 3.63) is 34.1 Å². The van der Waals surface area contributed by atoms with E-state index in [4.69, 9.17) is 10.8 Å². The van der Waals surface area contributed by atoms with Crippen molar-refractivity contribution in [1.82, 2.24) is 0 Å². The van der Waals surface area contributed by atoms with E-state index in [-0.39, 0.29) is 30.7 Å². The summed E-state index contributed by atoms with van der Waals surface area (Å²) in [5.41, 5.74) is 6.43. The van der Waals surface area contributed by atoms with Gasteiger partial charge in [0.25, 0.3) is 0 Å². The maximum atomic E-state index is 12.9. The highest BCUT2D eigenvalue weighted by atomic mass is 79.9. The molecule has 0 aromatic heterocycles. The zero-order valence-electron chi connectivity index (χ0n) is 8.12. The highest BCUT2D eigenvalue weighted by Crippen LogP contribution is 2.18. The Kier molecular flexibility index (Phi) is 7.09. The molecule has 1 aromatic carbocycles. The lowest BCUT2D eigenvalue weighted by Gasteiger charge is -2.11. The third kappa shape index (κ3) is 4.47. The summed E-state index contributed by atoms with van der Waals surface area (Å²) in [4.78, 5) is 0. The summed E-state index contributed by atoms with van der Waals surface area (Å²) in [6.45, 7) is 0.497. The van der Waals surface area contributed by atoms with Crippen LogP contribution < -0.4 is 5.73 Å². The molecular weight excluding hydrogens is 284 g/mol. The molecule has 0 aliphatic carbocycles. The molecule has 0 spiro atoms. The fourth-order valence-electron chi connectivity index (χ4n) is 1.22. The number of nitrogens with two attached hydrogens (primary N) is 1. The minimum atomic E-state index is -0.276. The van der Waals surface area contributed by atoms with E-state index >= 15 is 0 Å². The Labute approximate surface area is 103 Å². The lowest BCUT2D eigenvalue weighted by molar-refractivity contribution is 0.230. The predicted octanol–water partition coefficient (Wildman–Crippen LogP) is 2.12. The molecule has 0 bridgehead atoms. The van der Waals surface area contributed by atoms with Crippen LogP contribution >= 0.6 is 28.3 Å². The predicted molar refractivity (Wildman–Crippen MR) is 64.7 cm³/mol. The molecule has 0 saturated heterocycles. The lowest BCUT2D eigenvalue weighted by atomic mass is 10.0. The molecule has 1 aromatic rings. The first-order valence-electron chi connectivity index (χ1n) is 4.42. The van der Waals surface area contributed by atoms with Crippen molar-refractivity contribution in [2.45, 2.75) is 6.42 Å². The van der Waals surface area contributed by atoms with E-state index in [2.05, 4.69) is 15.9 Å². The summed E-state index contributed by atoms with van der Waals surface area (Å²) >= 11 is 3.11. The second-order valence-electron chi connectivity index (χ2n) is 3.24. The molecule has 1 rings (SSSR count). The molecule has 0 aliphatic heterocycles. The molecule has 1 atom stereocenters. The standard InChI is InChI=1S/C10H13BrFNO.ClH/c11-9-4-7(1-2-10(9)12)3-8(5-13)6-14;/h1-2,4,8,14H,3,5-6,13H2;1H. The maximum absolute atomic E-state index is 12.9. The number of aliphatic hydroxyl groups is 1. The van der Waals surface area contributed by atoms with Crippen molar-refractivity contribution in [2.24, 2.45) is 11.7 Å². The number of hydrogen-bond acceptors (Lipinski definition) is 2. The topological polar surface area (TPSA) is 46.2 Å². The number of hydrogen-bond donors (Lipinski definition) is 2. The molecule has 86 valence electrons. The Morgan fingerprint density at radius 1 is 1.47 bits per heavy atom. The van der Waals surface area contributed by atoms with Crippen LogP contribution in [-0.2, 0) is 6.42 Å². The Morgan fingerprint density at radius 2 is 2.13 bits per heavy atom. The largest absolute Gasteiger partial charge is 0.396 e. The van der Waals surface area contributed by atoms with Crippen molar-refractivity contribution in [1.29, 1.82) is 0 Å². The quantitative estimate of drug-likeness (QED) is 0.894. The summed E-state index contributed by atoms with van der Waals surface area (Å²) in [5, 5.41) is 8.95. The number of rotatable bonds is 4. The van der Waals surface area contributed by atoms with Crippen LogP contribution in [0.3, 0.4) is 0 Å². The molecule has 15 heavy (non-hydrogen) atoms. The van der Waals surface area contributed by atoms with E-state index in [0.29, 0.717) is 17.4 Å². The summed E-state index contributed by atoms with van der Waals surface area (Å²) in [5.74, 6) is -0.227. The van der Waals surface area contributed by atoms with Gasteiger partial charge in [-0.1, -0.05) is 6.07 Å². The second-order valence-corrected chi connectivity index (χ2v) is 4.09.